The molecule has 2 fully saturated rings. The molecule has 6 heteroatoms. The minimum absolute atomic E-state index is 0.315. The highest BCUT2D eigenvalue weighted by molar-refractivity contribution is 5.93. The molecule has 26 heavy (non-hydrogen) atoms. The summed E-state index contributed by atoms with van der Waals surface area (Å²) in [6, 6.07) is 0.397. The molecule has 0 spiro atoms. The van der Waals surface area contributed by atoms with Crippen molar-refractivity contribution < 1.29 is 9.90 Å². The van der Waals surface area contributed by atoms with Crippen LogP contribution in [0.25, 0.3) is 0 Å². The lowest BCUT2D eigenvalue weighted by atomic mass is 9.77. The minimum atomic E-state index is -0.622. The molecule has 0 unspecified atom stereocenters. The number of anilines is 1. The third kappa shape index (κ3) is 4.93. The molecule has 0 aromatic carbocycles. The van der Waals surface area contributed by atoms with Crippen molar-refractivity contribution >= 4 is 11.9 Å². The van der Waals surface area contributed by atoms with E-state index in [2.05, 4.69) is 22.2 Å². The predicted octanol–water partition coefficient (Wildman–Crippen LogP) is 3.05. The lowest BCUT2D eigenvalue weighted by Crippen LogP contribution is -2.33. The molecule has 0 aliphatic heterocycles. The first-order valence-corrected chi connectivity index (χ1v) is 9.97. The average Bonchev–Trinajstić information content (AvgIpc) is 2.56. The summed E-state index contributed by atoms with van der Waals surface area (Å²) in [7, 11) is 0. The Labute approximate surface area is 156 Å². The van der Waals surface area contributed by atoms with Crippen molar-refractivity contribution in [2.24, 2.45) is 17.6 Å². The smallest absolute Gasteiger partial charge is 0.252 e. The van der Waals surface area contributed by atoms with Crippen LogP contribution in [0.4, 0.5) is 5.95 Å². The summed E-state index contributed by atoms with van der Waals surface area (Å²) in [6.07, 6.45) is 10.5. The molecule has 2 aliphatic carbocycles. The molecule has 0 saturated heterocycles. The number of amides is 1. The van der Waals surface area contributed by atoms with Gasteiger partial charge in [0.2, 0.25) is 5.95 Å². The van der Waals surface area contributed by atoms with Gasteiger partial charge in [0.05, 0.1) is 16.9 Å². The number of primary amides is 1. The fraction of sp³-hybridized carbons (Fsp3) is 0.750. The quantitative estimate of drug-likeness (QED) is 0.749. The molecule has 6 nitrogen and oxygen atoms in total. The zero-order valence-corrected chi connectivity index (χ0v) is 16.0. The second-order valence-corrected chi connectivity index (χ2v) is 8.68. The summed E-state index contributed by atoms with van der Waals surface area (Å²) >= 11 is 0. The Kier molecular flexibility index (Phi) is 5.80. The molecule has 1 heterocycles. The van der Waals surface area contributed by atoms with E-state index in [0.717, 1.165) is 44.4 Å². The van der Waals surface area contributed by atoms with E-state index in [0.29, 0.717) is 35.6 Å². The van der Waals surface area contributed by atoms with Gasteiger partial charge in [-0.25, -0.2) is 9.97 Å². The average molecular weight is 361 g/mol. The van der Waals surface area contributed by atoms with Gasteiger partial charge >= 0.3 is 0 Å². The maximum absolute atomic E-state index is 11.8. The number of aromatic nitrogens is 2. The predicted molar refractivity (Wildman–Crippen MR) is 102 cm³/mol. The van der Waals surface area contributed by atoms with E-state index in [1.165, 1.54) is 12.8 Å². The number of rotatable bonds is 5. The molecule has 2 aliphatic rings. The maximum atomic E-state index is 11.8. The largest absolute Gasteiger partial charge is 0.390 e. The molecule has 1 amide bonds. The van der Waals surface area contributed by atoms with Gasteiger partial charge in [0.15, 0.2) is 0 Å². The molecular formula is C20H32N4O2. The monoisotopic (exact) mass is 360 g/mol. The molecule has 3 rings (SSSR count). The Morgan fingerprint density at radius 2 is 2.08 bits per heavy atom. The maximum Gasteiger partial charge on any atom is 0.252 e. The van der Waals surface area contributed by atoms with Crippen molar-refractivity contribution in [2.75, 3.05) is 5.32 Å². The Morgan fingerprint density at radius 3 is 2.73 bits per heavy atom. The number of carbonyl (C=O) groups is 1. The number of carbonyl (C=O) groups excluding carboxylic acids is 1. The number of aliphatic hydroxyl groups is 1. The van der Waals surface area contributed by atoms with Crippen molar-refractivity contribution in [3.8, 4) is 0 Å². The minimum Gasteiger partial charge on any atom is -0.390 e. The van der Waals surface area contributed by atoms with Gasteiger partial charge in [-0.1, -0.05) is 13.3 Å². The number of nitrogens with two attached hydrogens (primary N) is 1. The Balaban J connectivity index is 1.73. The Bertz CT molecular complexity index is 639. The van der Waals surface area contributed by atoms with Gasteiger partial charge in [0, 0.05) is 12.2 Å². The van der Waals surface area contributed by atoms with Crippen LogP contribution in [0.3, 0.4) is 0 Å². The summed E-state index contributed by atoms with van der Waals surface area (Å²) < 4.78 is 0. The number of hydrogen-bond acceptors (Lipinski definition) is 5. The summed E-state index contributed by atoms with van der Waals surface area (Å²) in [5.74, 6) is 1.21. The van der Waals surface area contributed by atoms with E-state index in [4.69, 9.17) is 5.73 Å². The standard InChI is InChI=1S/C20H32N4O2/c1-13-5-7-15(8-6-13)23-19-22-12-16(18(21)25)17(24-19)10-14-4-3-9-20(2,26)11-14/h12-15,26H,3-11H2,1-2H3,(H2,21,25)(H,22,23,24)/t13?,14-,15?,20-/m0/s1. The summed E-state index contributed by atoms with van der Waals surface area (Å²) in [5.41, 5.74) is 6.02. The molecular weight excluding hydrogens is 328 g/mol. The number of nitrogens with one attached hydrogen (secondary N) is 1. The summed E-state index contributed by atoms with van der Waals surface area (Å²) in [4.78, 5) is 20.8. The molecule has 144 valence electrons. The zero-order chi connectivity index (χ0) is 18.7. The second kappa shape index (κ2) is 7.91. The van der Waals surface area contributed by atoms with E-state index >= 15 is 0 Å². The second-order valence-electron chi connectivity index (χ2n) is 8.68. The van der Waals surface area contributed by atoms with Crippen LogP contribution in [0, 0.1) is 11.8 Å². The van der Waals surface area contributed by atoms with Crippen molar-refractivity contribution in [3.05, 3.63) is 17.5 Å². The van der Waals surface area contributed by atoms with Gasteiger partial charge in [0.1, 0.15) is 0 Å². The lowest BCUT2D eigenvalue weighted by molar-refractivity contribution is 0.00107. The van der Waals surface area contributed by atoms with Crippen LogP contribution >= 0.6 is 0 Å². The highest BCUT2D eigenvalue weighted by atomic mass is 16.3. The molecule has 1 aromatic heterocycles. The van der Waals surface area contributed by atoms with Gasteiger partial charge in [-0.05, 0) is 70.1 Å². The van der Waals surface area contributed by atoms with Crippen LogP contribution < -0.4 is 11.1 Å². The van der Waals surface area contributed by atoms with E-state index in [1.807, 2.05) is 6.92 Å². The third-order valence-corrected chi connectivity index (χ3v) is 6.02. The highest BCUT2D eigenvalue weighted by Crippen LogP contribution is 2.34. The van der Waals surface area contributed by atoms with Crippen molar-refractivity contribution in [1.82, 2.24) is 9.97 Å². The fourth-order valence-electron chi connectivity index (χ4n) is 4.48. The van der Waals surface area contributed by atoms with Crippen molar-refractivity contribution in [3.63, 3.8) is 0 Å². The molecule has 4 N–H and O–H groups in total. The zero-order valence-electron chi connectivity index (χ0n) is 16.0. The molecule has 2 atom stereocenters. The summed E-state index contributed by atoms with van der Waals surface area (Å²) in [5, 5.41) is 13.8. The Morgan fingerprint density at radius 1 is 1.35 bits per heavy atom. The third-order valence-electron chi connectivity index (χ3n) is 6.02. The van der Waals surface area contributed by atoms with Crippen LogP contribution in [0.2, 0.25) is 0 Å². The lowest BCUT2D eigenvalue weighted by Gasteiger charge is -2.34. The van der Waals surface area contributed by atoms with Crippen LogP contribution in [0.5, 0.6) is 0 Å². The molecule has 0 radical (unpaired) electrons. The SMILES string of the molecule is CC1CCC(Nc2ncc(C(N)=O)c(C[C@@H]3CCC[C@](C)(O)C3)n2)CC1. The topological polar surface area (TPSA) is 101 Å². The van der Waals surface area contributed by atoms with Crippen molar-refractivity contribution in [2.45, 2.75) is 83.3 Å². The highest BCUT2D eigenvalue weighted by Gasteiger charge is 2.31. The van der Waals surface area contributed by atoms with E-state index in [9.17, 15) is 9.90 Å². The summed E-state index contributed by atoms with van der Waals surface area (Å²) in [6.45, 7) is 4.19. The van der Waals surface area contributed by atoms with Crippen molar-refractivity contribution in [1.29, 1.82) is 0 Å². The van der Waals surface area contributed by atoms with Gasteiger partial charge in [-0.15, -0.1) is 0 Å². The van der Waals surface area contributed by atoms with Crippen LogP contribution in [-0.4, -0.2) is 32.6 Å². The van der Waals surface area contributed by atoms with Crippen LogP contribution in [0.1, 0.15) is 81.3 Å². The molecule has 1 aromatic rings. The van der Waals surface area contributed by atoms with E-state index in [1.54, 1.807) is 6.20 Å². The fourth-order valence-corrected chi connectivity index (χ4v) is 4.48. The normalized spacial score (nSPS) is 32.2. The van der Waals surface area contributed by atoms with E-state index in [-0.39, 0.29) is 0 Å². The first-order chi connectivity index (χ1) is 12.3. The van der Waals surface area contributed by atoms with Crippen LogP contribution in [-0.2, 0) is 6.42 Å². The molecule has 0 bridgehead atoms. The first kappa shape index (κ1) is 19.1. The van der Waals surface area contributed by atoms with E-state index < -0.39 is 11.5 Å². The van der Waals surface area contributed by atoms with Gasteiger partial charge in [-0.3, -0.25) is 4.79 Å². The number of hydrogen-bond donors (Lipinski definition) is 3. The molecule has 2 saturated carbocycles. The number of nitrogens with zero attached hydrogens (tertiary/aromatic N) is 2. The first-order valence-electron chi connectivity index (χ1n) is 9.97. The Hall–Kier alpha value is -1.69. The van der Waals surface area contributed by atoms with Crippen LogP contribution in [0.15, 0.2) is 6.20 Å². The van der Waals surface area contributed by atoms with Gasteiger partial charge in [0.25, 0.3) is 5.91 Å². The van der Waals surface area contributed by atoms with Gasteiger partial charge in [-0.2, -0.15) is 0 Å². The van der Waals surface area contributed by atoms with Gasteiger partial charge < -0.3 is 16.2 Å².